The summed E-state index contributed by atoms with van der Waals surface area (Å²) in [6.45, 7) is 3.02. The van der Waals surface area contributed by atoms with E-state index in [4.69, 9.17) is 0 Å². The fourth-order valence-corrected chi connectivity index (χ4v) is 3.71. The SMILES string of the molecule is Cc1ccc2c(c1)c(CN[C@@H]1CCSC1)nn2C. The van der Waals surface area contributed by atoms with Crippen LogP contribution in [0.15, 0.2) is 18.2 Å². The van der Waals surface area contributed by atoms with E-state index >= 15 is 0 Å². The number of rotatable bonds is 3. The lowest BCUT2D eigenvalue weighted by atomic mass is 10.1. The molecular weight excluding hydrogens is 242 g/mol. The highest BCUT2D eigenvalue weighted by Gasteiger charge is 2.16. The van der Waals surface area contributed by atoms with Crippen LogP contribution >= 0.6 is 11.8 Å². The van der Waals surface area contributed by atoms with Crippen molar-refractivity contribution in [3.05, 3.63) is 29.5 Å². The second kappa shape index (κ2) is 4.94. The average molecular weight is 261 g/mol. The Morgan fingerprint density at radius 1 is 1.50 bits per heavy atom. The molecule has 0 amide bonds. The zero-order valence-corrected chi connectivity index (χ0v) is 11.8. The molecule has 1 aromatic carbocycles. The molecule has 0 bridgehead atoms. The number of nitrogens with zero attached hydrogens (tertiary/aromatic N) is 2. The van der Waals surface area contributed by atoms with Crippen molar-refractivity contribution in [3.8, 4) is 0 Å². The molecule has 18 heavy (non-hydrogen) atoms. The van der Waals surface area contributed by atoms with E-state index in [2.05, 4.69) is 35.5 Å². The second-order valence-corrected chi connectivity index (χ2v) is 6.18. The van der Waals surface area contributed by atoms with E-state index in [1.807, 2.05) is 23.5 Å². The second-order valence-electron chi connectivity index (χ2n) is 5.03. The van der Waals surface area contributed by atoms with Crippen LogP contribution in [0.4, 0.5) is 0 Å². The number of aryl methyl sites for hydroxylation is 2. The highest BCUT2D eigenvalue weighted by atomic mass is 32.2. The topological polar surface area (TPSA) is 29.9 Å². The predicted molar refractivity (Wildman–Crippen MR) is 78.0 cm³/mol. The van der Waals surface area contributed by atoms with Gasteiger partial charge in [0.05, 0.1) is 11.2 Å². The Balaban J connectivity index is 1.84. The molecule has 1 aromatic heterocycles. The van der Waals surface area contributed by atoms with E-state index in [9.17, 15) is 0 Å². The van der Waals surface area contributed by atoms with Gasteiger partial charge in [-0.05, 0) is 31.2 Å². The molecule has 2 heterocycles. The third kappa shape index (κ3) is 2.27. The van der Waals surface area contributed by atoms with Crippen LogP contribution in [0.1, 0.15) is 17.7 Å². The Hall–Kier alpha value is -1.00. The first-order chi connectivity index (χ1) is 8.74. The summed E-state index contributed by atoms with van der Waals surface area (Å²) < 4.78 is 1.98. The highest BCUT2D eigenvalue weighted by molar-refractivity contribution is 7.99. The van der Waals surface area contributed by atoms with Crippen LogP contribution < -0.4 is 5.32 Å². The summed E-state index contributed by atoms with van der Waals surface area (Å²) in [4.78, 5) is 0. The van der Waals surface area contributed by atoms with Crippen LogP contribution in [-0.4, -0.2) is 27.3 Å². The first-order valence-corrected chi connectivity index (χ1v) is 7.63. The molecule has 0 aliphatic carbocycles. The van der Waals surface area contributed by atoms with Crippen molar-refractivity contribution >= 4 is 22.7 Å². The molecule has 0 radical (unpaired) electrons. The summed E-state index contributed by atoms with van der Waals surface area (Å²) in [5.74, 6) is 2.53. The minimum atomic E-state index is 0.664. The molecule has 1 aliphatic rings. The molecule has 1 atom stereocenters. The van der Waals surface area contributed by atoms with E-state index in [0.29, 0.717) is 6.04 Å². The van der Waals surface area contributed by atoms with Crippen LogP contribution in [0.5, 0.6) is 0 Å². The number of nitrogens with one attached hydrogen (secondary N) is 1. The van der Waals surface area contributed by atoms with Gasteiger partial charge in [-0.25, -0.2) is 0 Å². The zero-order valence-electron chi connectivity index (χ0n) is 10.9. The first kappa shape index (κ1) is 12.1. The van der Waals surface area contributed by atoms with E-state index in [-0.39, 0.29) is 0 Å². The minimum Gasteiger partial charge on any atom is -0.307 e. The molecule has 0 unspecified atom stereocenters. The third-order valence-corrected chi connectivity index (χ3v) is 4.73. The van der Waals surface area contributed by atoms with Crippen molar-refractivity contribution in [1.29, 1.82) is 0 Å². The molecule has 1 saturated heterocycles. The molecule has 1 N–H and O–H groups in total. The van der Waals surface area contributed by atoms with Gasteiger partial charge >= 0.3 is 0 Å². The summed E-state index contributed by atoms with van der Waals surface area (Å²) in [7, 11) is 2.02. The van der Waals surface area contributed by atoms with Crippen LogP contribution in [0.2, 0.25) is 0 Å². The molecule has 1 fully saturated rings. The van der Waals surface area contributed by atoms with Gasteiger partial charge in [-0.3, -0.25) is 4.68 Å². The van der Waals surface area contributed by atoms with E-state index in [1.165, 1.54) is 40.1 Å². The highest BCUT2D eigenvalue weighted by Crippen LogP contribution is 2.21. The van der Waals surface area contributed by atoms with Crippen molar-refractivity contribution < 1.29 is 0 Å². The molecule has 0 spiro atoms. The number of hydrogen-bond acceptors (Lipinski definition) is 3. The summed E-state index contributed by atoms with van der Waals surface area (Å²) in [6.07, 6.45) is 1.29. The molecule has 96 valence electrons. The maximum Gasteiger partial charge on any atom is 0.0841 e. The van der Waals surface area contributed by atoms with Crippen molar-refractivity contribution in [2.75, 3.05) is 11.5 Å². The minimum absolute atomic E-state index is 0.664. The van der Waals surface area contributed by atoms with Gasteiger partial charge in [-0.2, -0.15) is 16.9 Å². The maximum absolute atomic E-state index is 4.64. The fourth-order valence-electron chi connectivity index (χ4n) is 2.52. The molecule has 2 aromatic rings. The van der Waals surface area contributed by atoms with Crippen LogP contribution in [0.25, 0.3) is 10.9 Å². The van der Waals surface area contributed by atoms with Gasteiger partial charge in [0.2, 0.25) is 0 Å². The fraction of sp³-hybridized carbons (Fsp3) is 0.500. The Labute approximate surface area is 112 Å². The maximum atomic E-state index is 4.64. The van der Waals surface area contributed by atoms with E-state index in [1.54, 1.807) is 0 Å². The van der Waals surface area contributed by atoms with Gasteiger partial charge in [0.1, 0.15) is 0 Å². The summed E-state index contributed by atoms with van der Waals surface area (Å²) in [5.41, 5.74) is 3.69. The Morgan fingerprint density at radius 2 is 2.39 bits per heavy atom. The van der Waals surface area contributed by atoms with Crippen molar-refractivity contribution in [2.45, 2.75) is 25.9 Å². The first-order valence-electron chi connectivity index (χ1n) is 6.47. The molecule has 0 saturated carbocycles. The predicted octanol–water partition coefficient (Wildman–Crippen LogP) is 2.48. The van der Waals surface area contributed by atoms with Gasteiger partial charge in [-0.15, -0.1) is 0 Å². The number of hydrogen-bond donors (Lipinski definition) is 1. The lowest BCUT2D eigenvalue weighted by Gasteiger charge is -2.09. The normalized spacial score (nSPS) is 19.8. The summed E-state index contributed by atoms with van der Waals surface area (Å²) in [5, 5.41) is 9.55. The summed E-state index contributed by atoms with van der Waals surface area (Å²) in [6, 6.07) is 7.21. The van der Waals surface area contributed by atoms with Crippen molar-refractivity contribution in [2.24, 2.45) is 7.05 Å². The molecular formula is C14H19N3S. The third-order valence-electron chi connectivity index (χ3n) is 3.57. The van der Waals surface area contributed by atoms with Crippen LogP contribution in [0.3, 0.4) is 0 Å². The van der Waals surface area contributed by atoms with E-state index in [0.717, 1.165) is 6.54 Å². The van der Waals surface area contributed by atoms with Crippen LogP contribution in [-0.2, 0) is 13.6 Å². The quantitative estimate of drug-likeness (QED) is 0.920. The smallest absolute Gasteiger partial charge is 0.0841 e. The number of aromatic nitrogens is 2. The van der Waals surface area contributed by atoms with Gasteiger partial charge in [0.15, 0.2) is 0 Å². The van der Waals surface area contributed by atoms with Gasteiger partial charge in [0.25, 0.3) is 0 Å². The molecule has 3 rings (SSSR count). The molecule has 4 heteroatoms. The average Bonchev–Trinajstić information content (AvgIpc) is 2.95. The number of benzene rings is 1. The van der Waals surface area contributed by atoms with Gasteiger partial charge < -0.3 is 5.32 Å². The number of fused-ring (bicyclic) bond motifs is 1. The van der Waals surface area contributed by atoms with E-state index < -0.39 is 0 Å². The zero-order chi connectivity index (χ0) is 12.5. The summed E-state index contributed by atoms with van der Waals surface area (Å²) >= 11 is 2.04. The Morgan fingerprint density at radius 3 is 3.17 bits per heavy atom. The van der Waals surface area contributed by atoms with Crippen molar-refractivity contribution in [3.63, 3.8) is 0 Å². The van der Waals surface area contributed by atoms with Crippen LogP contribution in [0, 0.1) is 6.92 Å². The standard InChI is InChI=1S/C14H19N3S/c1-10-3-4-14-12(7-10)13(16-17(14)2)8-15-11-5-6-18-9-11/h3-4,7,11,15H,5-6,8-9H2,1-2H3/t11-/m1/s1. The lowest BCUT2D eigenvalue weighted by Crippen LogP contribution is -2.28. The van der Waals surface area contributed by atoms with Crippen molar-refractivity contribution in [1.82, 2.24) is 15.1 Å². The van der Waals surface area contributed by atoms with Gasteiger partial charge in [-0.1, -0.05) is 11.6 Å². The molecule has 3 nitrogen and oxygen atoms in total. The van der Waals surface area contributed by atoms with Gasteiger partial charge in [0, 0.05) is 30.8 Å². The molecule has 1 aliphatic heterocycles. The lowest BCUT2D eigenvalue weighted by molar-refractivity contribution is 0.549. The Kier molecular flexibility index (Phi) is 3.31. The Bertz CT molecular complexity index is 555. The monoisotopic (exact) mass is 261 g/mol. The number of thioether (sulfide) groups is 1. The largest absolute Gasteiger partial charge is 0.307 e.